The largest absolute Gasteiger partial charge is 0.491 e. The van der Waals surface area contributed by atoms with Crippen molar-refractivity contribution in [2.45, 2.75) is 84.5 Å². The first kappa shape index (κ1) is 20.2. The van der Waals surface area contributed by atoms with Crippen molar-refractivity contribution in [3.8, 4) is 5.75 Å². The molecule has 1 aromatic rings. The first-order valence-electron chi connectivity index (χ1n) is 10.2. The monoisotopic (exact) mass is 352 g/mol. The predicted molar refractivity (Wildman–Crippen MR) is 100 cm³/mol. The molecule has 1 aromatic carbocycles. The molecule has 1 aliphatic carbocycles. The smallest absolute Gasteiger partial charge is 0.200 e. The summed E-state index contributed by atoms with van der Waals surface area (Å²) in [7, 11) is 0. The third-order valence-corrected chi connectivity index (χ3v) is 5.75. The second-order valence-corrected chi connectivity index (χ2v) is 7.76. The highest BCUT2D eigenvalue weighted by atomic mass is 19.2. The summed E-state index contributed by atoms with van der Waals surface area (Å²) < 4.78 is 33.9. The van der Waals surface area contributed by atoms with Crippen molar-refractivity contribution in [2.75, 3.05) is 6.61 Å². The molecule has 1 nitrogen and oxygen atoms in total. The van der Waals surface area contributed by atoms with E-state index in [1.807, 2.05) is 0 Å². The lowest BCUT2D eigenvalue weighted by Crippen LogP contribution is -2.13. The van der Waals surface area contributed by atoms with E-state index >= 15 is 0 Å². The molecule has 3 heteroatoms. The lowest BCUT2D eigenvalue weighted by Gasteiger charge is -2.27. The summed E-state index contributed by atoms with van der Waals surface area (Å²) in [6, 6.07) is 3.31. The molecule has 0 amide bonds. The lowest BCUT2D eigenvalue weighted by molar-refractivity contribution is 0.269. The summed E-state index contributed by atoms with van der Waals surface area (Å²) in [5.41, 5.74) is 0.528. The summed E-state index contributed by atoms with van der Waals surface area (Å²) >= 11 is 0. The van der Waals surface area contributed by atoms with Crippen molar-refractivity contribution in [1.29, 1.82) is 0 Å². The van der Waals surface area contributed by atoms with Gasteiger partial charge in [-0.15, -0.1) is 0 Å². The van der Waals surface area contributed by atoms with Crippen LogP contribution in [-0.2, 0) is 0 Å². The molecule has 1 saturated carbocycles. The number of halogens is 2. The Morgan fingerprint density at radius 1 is 1.04 bits per heavy atom. The molecule has 0 radical (unpaired) electrons. The molecule has 0 spiro atoms. The van der Waals surface area contributed by atoms with Gasteiger partial charge in [0, 0.05) is 0 Å². The number of rotatable bonds is 9. The highest BCUT2D eigenvalue weighted by Crippen LogP contribution is 2.36. The van der Waals surface area contributed by atoms with Gasteiger partial charge in [0.05, 0.1) is 6.61 Å². The fourth-order valence-electron chi connectivity index (χ4n) is 4.20. The van der Waals surface area contributed by atoms with Gasteiger partial charge in [-0.25, -0.2) is 4.39 Å². The fourth-order valence-corrected chi connectivity index (χ4v) is 4.20. The van der Waals surface area contributed by atoms with Crippen molar-refractivity contribution in [2.24, 2.45) is 11.8 Å². The van der Waals surface area contributed by atoms with Gasteiger partial charge in [0.1, 0.15) is 0 Å². The topological polar surface area (TPSA) is 9.23 Å². The number of ether oxygens (including phenoxy) is 1. The molecule has 0 aromatic heterocycles. The molecule has 25 heavy (non-hydrogen) atoms. The van der Waals surface area contributed by atoms with Crippen LogP contribution in [0.15, 0.2) is 12.1 Å². The molecule has 2 rings (SSSR count). The van der Waals surface area contributed by atoms with Crippen LogP contribution in [0.3, 0.4) is 0 Å². The minimum absolute atomic E-state index is 0.0234. The first-order valence-corrected chi connectivity index (χ1v) is 10.2. The average molecular weight is 353 g/mol. The molecule has 1 fully saturated rings. The Bertz CT molecular complexity index is 521. The van der Waals surface area contributed by atoms with Crippen LogP contribution in [0.25, 0.3) is 0 Å². The van der Waals surface area contributed by atoms with E-state index in [2.05, 4.69) is 13.8 Å². The fraction of sp³-hybridized carbons (Fsp3) is 0.727. The summed E-state index contributed by atoms with van der Waals surface area (Å²) in [4.78, 5) is 0. The van der Waals surface area contributed by atoms with Crippen molar-refractivity contribution in [3.63, 3.8) is 0 Å². The maximum Gasteiger partial charge on any atom is 0.200 e. The van der Waals surface area contributed by atoms with Crippen molar-refractivity contribution in [1.82, 2.24) is 0 Å². The number of benzene rings is 1. The van der Waals surface area contributed by atoms with Crippen LogP contribution in [0.2, 0.25) is 0 Å². The van der Waals surface area contributed by atoms with E-state index in [9.17, 15) is 8.78 Å². The number of hydrogen-bond donors (Lipinski definition) is 0. The summed E-state index contributed by atoms with van der Waals surface area (Å²) in [5, 5.41) is 0. The predicted octanol–water partition coefficient (Wildman–Crippen LogP) is 7.24. The van der Waals surface area contributed by atoms with Crippen LogP contribution in [-0.4, -0.2) is 6.61 Å². The lowest BCUT2D eigenvalue weighted by atomic mass is 9.79. The van der Waals surface area contributed by atoms with E-state index in [-0.39, 0.29) is 11.7 Å². The van der Waals surface area contributed by atoms with Gasteiger partial charge in [-0.05, 0) is 49.1 Å². The van der Waals surface area contributed by atoms with Gasteiger partial charge < -0.3 is 4.74 Å². The maximum absolute atomic E-state index is 14.5. The Hall–Kier alpha value is -1.12. The van der Waals surface area contributed by atoms with E-state index < -0.39 is 11.6 Å². The molecule has 0 heterocycles. The minimum atomic E-state index is -0.832. The molecule has 1 aliphatic rings. The quantitative estimate of drug-likeness (QED) is 0.455. The van der Waals surface area contributed by atoms with E-state index in [4.69, 9.17) is 4.74 Å². The zero-order chi connectivity index (χ0) is 18.2. The van der Waals surface area contributed by atoms with E-state index in [1.54, 1.807) is 19.1 Å². The second kappa shape index (κ2) is 10.1. The highest BCUT2D eigenvalue weighted by Gasteiger charge is 2.22. The van der Waals surface area contributed by atoms with Crippen molar-refractivity contribution >= 4 is 0 Å². The van der Waals surface area contributed by atoms with Gasteiger partial charge in [0.25, 0.3) is 0 Å². The van der Waals surface area contributed by atoms with Crippen LogP contribution in [0.1, 0.15) is 90.0 Å². The molecule has 0 aliphatic heterocycles. The molecule has 0 N–H and O–H groups in total. The Kier molecular flexibility index (Phi) is 8.18. The third kappa shape index (κ3) is 5.69. The van der Waals surface area contributed by atoms with Gasteiger partial charge in [-0.1, -0.05) is 64.9 Å². The SMILES string of the molecule is CCCC(CCCC1CCC(C)CC1)c1ccc(OCC)c(F)c1F. The van der Waals surface area contributed by atoms with Crippen LogP contribution in [0.4, 0.5) is 8.78 Å². The van der Waals surface area contributed by atoms with E-state index in [1.165, 1.54) is 32.1 Å². The van der Waals surface area contributed by atoms with Gasteiger partial charge in [-0.2, -0.15) is 4.39 Å². The normalized spacial score (nSPS) is 22.0. The molecule has 1 unspecified atom stereocenters. The van der Waals surface area contributed by atoms with Gasteiger partial charge in [0.2, 0.25) is 5.82 Å². The second-order valence-electron chi connectivity index (χ2n) is 7.76. The van der Waals surface area contributed by atoms with E-state index in [0.29, 0.717) is 12.2 Å². The molecular formula is C22H34F2O. The van der Waals surface area contributed by atoms with Crippen molar-refractivity contribution < 1.29 is 13.5 Å². The van der Waals surface area contributed by atoms with Crippen LogP contribution in [0, 0.1) is 23.5 Å². The maximum atomic E-state index is 14.5. The molecule has 0 bridgehead atoms. The number of hydrogen-bond acceptors (Lipinski definition) is 1. The standard InChI is InChI=1S/C22H34F2O/c1-4-7-18(9-6-8-17-12-10-16(3)11-13-17)19-14-15-20(25-5-2)22(24)21(19)23/h14-18H,4-13H2,1-3H3. The summed E-state index contributed by atoms with van der Waals surface area (Å²) in [6.07, 6.45) is 10.6. The average Bonchev–Trinajstić information content (AvgIpc) is 2.60. The Balaban J connectivity index is 1.96. The molecule has 0 saturated heterocycles. The van der Waals surface area contributed by atoms with Crippen LogP contribution < -0.4 is 4.74 Å². The minimum Gasteiger partial charge on any atom is -0.491 e. The Labute approximate surface area is 152 Å². The molecule has 1 atom stereocenters. The highest BCUT2D eigenvalue weighted by molar-refractivity contribution is 5.33. The zero-order valence-corrected chi connectivity index (χ0v) is 16.1. The Morgan fingerprint density at radius 3 is 2.40 bits per heavy atom. The van der Waals surface area contributed by atoms with Gasteiger partial charge in [0.15, 0.2) is 11.6 Å². The first-order chi connectivity index (χ1) is 12.1. The molecular weight excluding hydrogens is 318 g/mol. The summed E-state index contributed by atoms with van der Waals surface area (Å²) in [5.74, 6) is 0.302. The third-order valence-electron chi connectivity index (χ3n) is 5.75. The zero-order valence-electron chi connectivity index (χ0n) is 16.1. The van der Waals surface area contributed by atoms with Crippen molar-refractivity contribution in [3.05, 3.63) is 29.3 Å². The van der Waals surface area contributed by atoms with Gasteiger partial charge >= 0.3 is 0 Å². The van der Waals surface area contributed by atoms with Gasteiger partial charge in [-0.3, -0.25) is 0 Å². The van der Waals surface area contributed by atoms with Crippen LogP contribution in [0.5, 0.6) is 5.75 Å². The molecule has 142 valence electrons. The summed E-state index contributed by atoms with van der Waals surface area (Å²) in [6.45, 7) is 6.57. The Morgan fingerprint density at radius 2 is 1.76 bits per heavy atom. The van der Waals surface area contributed by atoms with Crippen LogP contribution >= 0.6 is 0 Å². The van der Waals surface area contributed by atoms with E-state index in [0.717, 1.165) is 37.5 Å².